The number of allylic oxidation sites excluding steroid dienone is 1. The van der Waals surface area contributed by atoms with Gasteiger partial charge in [0.25, 0.3) is 0 Å². The van der Waals surface area contributed by atoms with Crippen LogP contribution >= 0.6 is 0 Å². The topological polar surface area (TPSA) is 18.5 Å². The van der Waals surface area contributed by atoms with Gasteiger partial charge in [-0.05, 0) is 19.3 Å². The normalized spacial score (nSPS) is 11.2. The van der Waals surface area contributed by atoms with Crippen LogP contribution in [0.1, 0.15) is 33.1 Å². The Balaban J connectivity index is 2.86. The zero-order valence-electron chi connectivity index (χ0n) is 8.21. The average molecular weight is 172 g/mol. The summed E-state index contributed by atoms with van der Waals surface area (Å²) in [5, 5.41) is 0. The van der Waals surface area contributed by atoms with Crippen molar-refractivity contribution in [2.45, 2.75) is 33.1 Å². The van der Waals surface area contributed by atoms with E-state index in [0.29, 0.717) is 6.79 Å². The molecule has 0 saturated heterocycles. The standard InChI is InChI=1S/C10H20O2/c1-3-5-6-7-9-12-10-11-8-4-2/h5-6H,3-4,7-10H2,1-2H3/b6-5+. The zero-order chi connectivity index (χ0) is 9.07. The summed E-state index contributed by atoms with van der Waals surface area (Å²) >= 11 is 0. The van der Waals surface area contributed by atoms with E-state index in [-0.39, 0.29) is 0 Å². The Bertz CT molecular complexity index is 100. The van der Waals surface area contributed by atoms with Gasteiger partial charge in [-0.1, -0.05) is 26.0 Å². The predicted octanol–water partition coefficient (Wildman–Crippen LogP) is 2.74. The van der Waals surface area contributed by atoms with E-state index in [0.717, 1.165) is 32.5 Å². The van der Waals surface area contributed by atoms with Crippen molar-refractivity contribution >= 4 is 0 Å². The fourth-order valence-electron chi connectivity index (χ4n) is 0.757. The lowest BCUT2D eigenvalue weighted by Crippen LogP contribution is -2.01. The molecule has 0 aromatic carbocycles. The molecule has 0 fully saturated rings. The quantitative estimate of drug-likeness (QED) is 0.318. The lowest BCUT2D eigenvalue weighted by Gasteiger charge is -2.02. The zero-order valence-corrected chi connectivity index (χ0v) is 8.21. The van der Waals surface area contributed by atoms with Crippen molar-refractivity contribution in [3.8, 4) is 0 Å². The summed E-state index contributed by atoms with van der Waals surface area (Å²) in [5.74, 6) is 0. The maximum absolute atomic E-state index is 5.21. The summed E-state index contributed by atoms with van der Waals surface area (Å²) in [6.07, 6.45) is 7.44. The lowest BCUT2D eigenvalue weighted by atomic mass is 10.3. The molecule has 0 radical (unpaired) electrons. The number of ether oxygens (including phenoxy) is 2. The highest BCUT2D eigenvalue weighted by molar-refractivity contribution is 4.79. The smallest absolute Gasteiger partial charge is 0.146 e. The molecular formula is C10H20O2. The van der Waals surface area contributed by atoms with Crippen LogP contribution in [0.3, 0.4) is 0 Å². The van der Waals surface area contributed by atoms with Crippen molar-refractivity contribution in [2.24, 2.45) is 0 Å². The minimum Gasteiger partial charge on any atom is -0.355 e. The lowest BCUT2D eigenvalue weighted by molar-refractivity contribution is -0.0519. The van der Waals surface area contributed by atoms with Gasteiger partial charge in [0.05, 0.1) is 6.61 Å². The Hall–Kier alpha value is -0.340. The molecule has 0 spiro atoms. The minimum absolute atomic E-state index is 0.438. The van der Waals surface area contributed by atoms with E-state index in [9.17, 15) is 0 Å². The molecule has 0 rings (SSSR count). The summed E-state index contributed by atoms with van der Waals surface area (Å²) in [6, 6.07) is 0. The molecule has 0 aliphatic heterocycles. The van der Waals surface area contributed by atoms with Crippen LogP contribution in [0.25, 0.3) is 0 Å². The van der Waals surface area contributed by atoms with E-state index >= 15 is 0 Å². The van der Waals surface area contributed by atoms with Crippen LogP contribution < -0.4 is 0 Å². The summed E-state index contributed by atoms with van der Waals surface area (Å²) in [5.41, 5.74) is 0. The van der Waals surface area contributed by atoms with Crippen LogP contribution in [0.2, 0.25) is 0 Å². The van der Waals surface area contributed by atoms with Gasteiger partial charge in [0.15, 0.2) is 0 Å². The first-order valence-corrected chi connectivity index (χ1v) is 4.72. The van der Waals surface area contributed by atoms with Crippen LogP contribution in [0.15, 0.2) is 12.2 Å². The number of rotatable bonds is 8. The molecule has 0 aromatic rings. The molecule has 0 unspecified atom stereocenters. The van der Waals surface area contributed by atoms with E-state index in [2.05, 4.69) is 26.0 Å². The highest BCUT2D eigenvalue weighted by atomic mass is 16.7. The first kappa shape index (κ1) is 11.7. The maximum atomic E-state index is 5.21. The van der Waals surface area contributed by atoms with Gasteiger partial charge in [0, 0.05) is 6.61 Å². The fourth-order valence-corrected chi connectivity index (χ4v) is 0.757. The molecule has 0 aliphatic rings. The second-order valence-electron chi connectivity index (χ2n) is 2.60. The number of hydrogen-bond acceptors (Lipinski definition) is 2. The maximum Gasteiger partial charge on any atom is 0.146 e. The predicted molar refractivity (Wildman–Crippen MR) is 51.1 cm³/mol. The third-order valence-electron chi connectivity index (χ3n) is 1.35. The van der Waals surface area contributed by atoms with Crippen molar-refractivity contribution < 1.29 is 9.47 Å². The van der Waals surface area contributed by atoms with Gasteiger partial charge in [-0.2, -0.15) is 0 Å². The SMILES string of the molecule is CC/C=C/CCOCOCCC. The minimum atomic E-state index is 0.438. The van der Waals surface area contributed by atoms with Gasteiger partial charge in [0.1, 0.15) is 6.79 Å². The molecule has 0 aliphatic carbocycles. The van der Waals surface area contributed by atoms with Crippen molar-refractivity contribution in [2.75, 3.05) is 20.0 Å². The monoisotopic (exact) mass is 172 g/mol. The second kappa shape index (κ2) is 10.7. The Labute approximate surface area is 75.6 Å². The third kappa shape index (κ3) is 9.66. The van der Waals surface area contributed by atoms with E-state index in [1.165, 1.54) is 0 Å². The Morgan fingerprint density at radius 2 is 1.75 bits per heavy atom. The van der Waals surface area contributed by atoms with Gasteiger partial charge in [0.2, 0.25) is 0 Å². The Morgan fingerprint density at radius 1 is 1.00 bits per heavy atom. The molecule has 2 heteroatoms. The van der Waals surface area contributed by atoms with Crippen molar-refractivity contribution in [3.05, 3.63) is 12.2 Å². The summed E-state index contributed by atoms with van der Waals surface area (Å²) in [6.45, 7) is 6.21. The molecular weight excluding hydrogens is 152 g/mol. The van der Waals surface area contributed by atoms with E-state index in [1.54, 1.807) is 0 Å². The van der Waals surface area contributed by atoms with Gasteiger partial charge in [-0.15, -0.1) is 0 Å². The highest BCUT2D eigenvalue weighted by Crippen LogP contribution is 1.88. The van der Waals surface area contributed by atoms with Gasteiger partial charge in [-0.25, -0.2) is 0 Å². The van der Waals surface area contributed by atoms with E-state index < -0.39 is 0 Å². The molecule has 72 valence electrons. The first-order chi connectivity index (χ1) is 5.91. The van der Waals surface area contributed by atoms with Crippen molar-refractivity contribution in [1.82, 2.24) is 0 Å². The van der Waals surface area contributed by atoms with Crippen LogP contribution in [0, 0.1) is 0 Å². The van der Waals surface area contributed by atoms with Crippen molar-refractivity contribution in [1.29, 1.82) is 0 Å². The van der Waals surface area contributed by atoms with Crippen LogP contribution in [0.5, 0.6) is 0 Å². The third-order valence-corrected chi connectivity index (χ3v) is 1.35. The highest BCUT2D eigenvalue weighted by Gasteiger charge is 1.85. The van der Waals surface area contributed by atoms with Gasteiger partial charge in [-0.3, -0.25) is 0 Å². The van der Waals surface area contributed by atoms with Gasteiger partial charge < -0.3 is 9.47 Å². The van der Waals surface area contributed by atoms with E-state index in [1.807, 2.05) is 0 Å². The summed E-state index contributed by atoms with van der Waals surface area (Å²) in [4.78, 5) is 0. The van der Waals surface area contributed by atoms with Crippen molar-refractivity contribution in [3.63, 3.8) is 0 Å². The van der Waals surface area contributed by atoms with Crippen LogP contribution in [0.4, 0.5) is 0 Å². The second-order valence-corrected chi connectivity index (χ2v) is 2.60. The number of hydrogen-bond donors (Lipinski definition) is 0. The fraction of sp³-hybridized carbons (Fsp3) is 0.800. The van der Waals surface area contributed by atoms with Crippen LogP contribution in [-0.2, 0) is 9.47 Å². The molecule has 2 nitrogen and oxygen atoms in total. The van der Waals surface area contributed by atoms with Gasteiger partial charge >= 0.3 is 0 Å². The molecule has 0 amide bonds. The van der Waals surface area contributed by atoms with Crippen LogP contribution in [-0.4, -0.2) is 20.0 Å². The molecule has 12 heavy (non-hydrogen) atoms. The molecule has 0 bridgehead atoms. The van der Waals surface area contributed by atoms with E-state index in [4.69, 9.17) is 9.47 Å². The Kier molecular flexibility index (Phi) is 10.4. The Morgan fingerprint density at radius 3 is 2.42 bits per heavy atom. The first-order valence-electron chi connectivity index (χ1n) is 4.72. The molecule has 0 saturated carbocycles. The molecule has 0 N–H and O–H groups in total. The molecule has 0 heterocycles. The average Bonchev–Trinajstić information content (AvgIpc) is 2.10. The largest absolute Gasteiger partial charge is 0.355 e. The molecule has 0 atom stereocenters. The summed E-state index contributed by atoms with van der Waals surface area (Å²) < 4.78 is 10.4. The summed E-state index contributed by atoms with van der Waals surface area (Å²) in [7, 11) is 0. The molecule has 0 aromatic heterocycles.